The van der Waals surface area contributed by atoms with Gasteiger partial charge >= 0.3 is 0 Å². The van der Waals surface area contributed by atoms with Crippen LogP contribution in [0, 0.1) is 6.92 Å². The number of hydrogen-bond donors (Lipinski definition) is 1. The third kappa shape index (κ3) is 5.13. The molecule has 0 saturated carbocycles. The highest BCUT2D eigenvalue weighted by Crippen LogP contribution is 2.20. The molecule has 33 heavy (non-hydrogen) atoms. The number of amides is 1. The molecule has 0 spiro atoms. The lowest BCUT2D eigenvalue weighted by Gasteiger charge is -2.34. The molecule has 0 bridgehead atoms. The summed E-state index contributed by atoms with van der Waals surface area (Å²) in [7, 11) is 0. The Hall–Kier alpha value is -3.49. The zero-order valence-electron chi connectivity index (χ0n) is 18.8. The summed E-state index contributed by atoms with van der Waals surface area (Å²) in [5.74, 6) is 2.15. The fourth-order valence-corrected chi connectivity index (χ4v) is 4.30. The topological polar surface area (TPSA) is 79.4 Å². The number of carbonyl (C=O) groups is 1. The fourth-order valence-electron chi connectivity index (χ4n) is 4.30. The second kappa shape index (κ2) is 9.56. The zero-order chi connectivity index (χ0) is 22.6. The van der Waals surface area contributed by atoms with Crippen LogP contribution in [-0.2, 0) is 17.9 Å². The van der Waals surface area contributed by atoms with Gasteiger partial charge in [-0.05, 0) is 24.6 Å². The van der Waals surface area contributed by atoms with Crippen molar-refractivity contribution in [1.82, 2.24) is 24.5 Å². The van der Waals surface area contributed by atoms with Crippen molar-refractivity contribution >= 4 is 22.8 Å². The Kier molecular flexibility index (Phi) is 6.19. The SMILES string of the molecule is Cc1cc(NC(=O)CN2CCN(Cc3nc4ccccc4n3Cc3ccccc3)CC2)no1. The molecule has 0 unspecified atom stereocenters. The van der Waals surface area contributed by atoms with Gasteiger partial charge in [0.05, 0.1) is 24.1 Å². The summed E-state index contributed by atoms with van der Waals surface area (Å²) in [4.78, 5) is 21.9. The van der Waals surface area contributed by atoms with Crippen LogP contribution in [0.2, 0.25) is 0 Å². The van der Waals surface area contributed by atoms with Gasteiger partial charge < -0.3 is 14.4 Å². The molecule has 4 aromatic rings. The third-order valence-electron chi connectivity index (χ3n) is 6.01. The molecule has 170 valence electrons. The van der Waals surface area contributed by atoms with Gasteiger partial charge in [0.2, 0.25) is 5.91 Å². The standard InChI is InChI=1S/C25H28N6O2/c1-19-15-23(28-33-19)27-25(32)18-30-13-11-29(12-14-30)17-24-26-21-9-5-6-10-22(21)31(24)16-20-7-3-2-4-8-20/h2-10,15H,11-14,16-18H2,1H3,(H,27,28,32). The van der Waals surface area contributed by atoms with Gasteiger partial charge in [-0.1, -0.05) is 47.6 Å². The van der Waals surface area contributed by atoms with Crippen LogP contribution < -0.4 is 5.32 Å². The van der Waals surface area contributed by atoms with E-state index < -0.39 is 0 Å². The van der Waals surface area contributed by atoms with Gasteiger partial charge in [0.15, 0.2) is 5.82 Å². The lowest BCUT2D eigenvalue weighted by Crippen LogP contribution is -2.48. The molecule has 3 heterocycles. The highest BCUT2D eigenvalue weighted by Gasteiger charge is 2.21. The lowest BCUT2D eigenvalue weighted by molar-refractivity contribution is -0.117. The van der Waals surface area contributed by atoms with Crippen LogP contribution in [0.25, 0.3) is 11.0 Å². The first-order chi connectivity index (χ1) is 16.1. The highest BCUT2D eigenvalue weighted by atomic mass is 16.5. The van der Waals surface area contributed by atoms with Crippen LogP contribution in [0.15, 0.2) is 65.2 Å². The summed E-state index contributed by atoms with van der Waals surface area (Å²) in [6.07, 6.45) is 0. The Balaban J connectivity index is 1.21. The largest absolute Gasteiger partial charge is 0.360 e. The molecule has 5 rings (SSSR count). The van der Waals surface area contributed by atoms with E-state index >= 15 is 0 Å². The third-order valence-corrected chi connectivity index (χ3v) is 6.01. The minimum atomic E-state index is -0.0681. The van der Waals surface area contributed by atoms with E-state index in [0.29, 0.717) is 18.1 Å². The van der Waals surface area contributed by atoms with E-state index in [9.17, 15) is 4.79 Å². The molecule has 1 N–H and O–H groups in total. The monoisotopic (exact) mass is 444 g/mol. The molecule has 8 nitrogen and oxygen atoms in total. The van der Waals surface area contributed by atoms with Gasteiger partial charge in [0.1, 0.15) is 11.6 Å². The molecular formula is C25H28N6O2. The number of nitrogens with zero attached hydrogens (tertiary/aromatic N) is 5. The molecule has 0 atom stereocenters. The lowest BCUT2D eigenvalue weighted by atomic mass is 10.2. The summed E-state index contributed by atoms with van der Waals surface area (Å²) >= 11 is 0. The van der Waals surface area contributed by atoms with E-state index in [1.165, 1.54) is 5.56 Å². The number of nitrogens with one attached hydrogen (secondary N) is 1. The van der Waals surface area contributed by atoms with Crippen molar-refractivity contribution in [3.8, 4) is 0 Å². The fraction of sp³-hybridized carbons (Fsp3) is 0.320. The van der Waals surface area contributed by atoms with E-state index in [1.807, 2.05) is 12.1 Å². The van der Waals surface area contributed by atoms with Gasteiger partial charge in [-0.3, -0.25) is 14.6 Å². The average molecular weight is 445 g/mol. The number of carbonyl (C=O) groups excluding carboxylic acids is 1. The molecule has 1 aliphatic rings. The Morgan fingerprint density at radius 2 is 1.70 bits per heavy atom. The van der Waals surface area contributed by atoms with Crippen molar-refractivity contribution in [3.05, 3.63) is 77.8 Å². The normalized spacial score (nSPS) is 15.2. The zero-order valence-corrected chi connectivity index (χ0v) is 18.8. The first-order valence-corrected chi connectivity index (χ1v) is 11.3. The predicted molar refractivity (Wildman–Crippen MR) is 127 cm³/mol. The summed E-state index contributed by atoms with van der Waals surface area (Å²) in [5, 5.41) is 6.62. The molecule has 1 fully saturated rings. The number of anilines is 1. The maximum absolute atomic E-state index is 12.3. The average Bonchev–Trinajstić information content (AvgIpc) is 3.38. The van der Waals surface area contributed by atoms with Crippen LogP contribution in [-0.4, -0.2) is 63.1 Å². The Morgan fingerprint density at radius 3 is 2.45 bits per heavy atom. The molecular weight excluding hydrogens is 416 g/mol. The van der Waals surface area contributed by atoms with E-state index in [2.05, 4.69) is 67.3 Å². The van der Waals surface area contributed by atoms with Gasteiger partial charge in [-0.2, -0.15) is 0 Å². The van der Waals surface area contributed by atoms with Crippen molar-refractivity contribution in [1.29, 1.82) is 0 Å². The summed E-state index contributed by atoms with van der Waals surface area (Å²) < 4.78 is 7.33. The number of piperazine rings is 1. The van der Waals surface area contributed by atoms with Crippen LogP contribution in [0.1, 0.15) is 17.1 Å². The number of para-hydroxylation sites is 2. The number of benzene rings is 2. The Labute approximate surface area is 192 Å². The van der Waals surface area contributed by atoms with Crippen molar-refractivity contribution in [2.24, 2.45) is 0 Å². The minimum Gasteiger partial charge on any atom is -0.360 e. The first-order valence-electron chi connectivity index (χ1n) is 11.3. The van der Waals surface area contributed by atoms with E-state index in [-0.39, 0.29) is 5.91 Å². The van der Waals surface area contributed by atoms with E-state index in [1.54, 1.807) is 13.0 Å². The second-order valence-electron chi connectivity index (χ2n) is 8.51. The summed E-state index contributed by atoms with van der Waals surface area (Å²) in [6.45, 7) is 7.21. The molecule has 0 radical (unpaired) electrons. The first kappa shape index (κ1) is 21.4. The number of aryl methyl sites for hydroxylation is 1. The second-order valence-corrected chi connectivity index (χ2v) is 8.51. The van der Waals surface area contributed by atoms with Crippen LogP contribution >= 0.6 is 0 Å². The number of fused-ring (bicyclic) bond motifs is 1. The molecule has 2 aromatic carbocycles. The van der Waals surface area contributed by atoms with Crippen LogP contribution in [0.3, 0.4) is 0 Å². The van der Waals surface area contributed by atoms with E-state index in [0.717, 1.165) is 56.1 Å². The van der Waals surface area contributed by atoms with Gasteiger partial charge in [0, 0.05) is 38.8 Å². The number of imidazole rings is 1. The number of aromatic nitrogens is 3. The van der Waals surface area contributed by atoms with Crippen molar-refractivity contribution in [2.75, 3.05) is 38.0 Å². The molecule has 1 saturated heterocycles. The highest BCUT2D eigenvalue weighted by molar-refractivity contribution is 5.91. The molecule has 1 amide bonds. The smallest absolute Gasteiger partial charge is 0.239 e. The maximum Gasteiger partial charge on any atom is 0.239 e. The Bertz CT molecular complexity index is 1220. The molecule has 2 aromatic heterocycles. The minimum absolute atomic E-state index is 0.0681. The van der Waals surface area contributed by atoms with Crippen LogP contribution in [0.4, 0.5) is 5.82 Å². The molecule has 1 aliphatic heterocycles. The van der Waals surface area contributed by atoms with Crippen molar-refractivity contribution < 1.29 is 9.32 Å². The molecule has 8 heteroatoms. The van der Waals surface area contributed by atoms with Crippen LogP contribution in [0.5, 0.6) is 0 Å². The van der Waals surface area contributed by atoms with E-state index in [4.69, 9.17) is 9.51 Å². The maximum atomic E-state index is 12.3. The van der Waals surface area contributed by atoms with Gasteiger partial charge in [-0.25, -0.2) is 4.98 Å². The Morgan fingerprint density at radius 1 is 0.970 bits per heavy atom. The van der Waals surface area contributed by atoms with Crippen molar-refractivity contribution in [3.63, 3.8) is 0 Å². The summed E-state index contributed by atoms with van der Waals surface area (Å²) in [5.41, 5.74) is 3.46. The number of hydrogen-bond acceptors (Lipinski definition) is 6. The summed E-state index contributed by atoms with van der Waals surface area (Å²) in [6, 6.07) is 20.6. The molecule has 0 aliphatic carbocycles. The number of rotatable bonds is 7. The van der Waals surface area contributed by atoms with Gasteiger partial charge in [-0.15, -0.1) is 0 Å². The van der Waals surface area contributed by atoms with Crippen molar-refractivity contribution in [2.45, 2.75) is 20.0 Å². The van der Waals surface area contributed by atoms with Gasteiger partial charge in [0.25, 0.3) is 0 Å². The quantitative estimate of drug-likeness (QED) is 0.472. The predicted octanol–water partition coefficient (Wildman–Crippen LogP) is 3.14.